The summed E-state index contributed by atoms with van der Waals surface area (Å²) in [6, 6.07) is 11.6. The van der Waals surface area contributed by atoms with Crippen molar-refractivity contribution in [1.82, 2.24) is 9.80 Å². The topological polar surface area (TPSA) is 60.5 Å². The summed E-state index contributed by atoms with van der Waals surface area (Å²) in [5.41, 5.74) is 0.921. The lowest BCUT2D eigenvalue weighted by atomic mass is 10.1. The van der Waals surface area contributed by atoms with Crippen LogP contribution in [0.3, 0.4) is 0 Å². The van der Waals surface area contributed by atoms with E-state index < -0.39 is 11.9 Å². The van der Waals surface area contributed by atoms with Crippen molar-refractivity contribution < 1.29 is 28.1 Å². The quantitative estimate of drug-likeness (QED) is 0.451. The van der Waals surface area contributed by atoms with Gasteiger partial charge in [0.15, 0.2) is 17.6 Å². The molecule has 0 bridgehead atoms. The zero-order valence-electron chi connectivity index (χ0n) is 20.0. The molecule has 7 nitrogen and oxygen atoms in total. The van der Waals surface area contributed by atoms with E-state index >= 15 is 0 Å². The van der Waals surface area contributed by atoms with Crippen LogP contribution in [-0.4, -0.2) is 87.4 Å². The molecule has 1 heterocycles. The summed E-state index contributed by atoms with van der Waals surface area (Å²) in [5, 5.41) is 0. The van der Waals surface area contributed by atoms with Gasteiger partial charge < -0.3 is 23.8 Å². The van der Waals surface area contributed by atoms with Crippen molar-refractivity contribution in [2.24, 2.45) is 0 Å². The van der Waals surface area contributed by atoms with Crippen molar-refractivity contribution in [3.8, 4) is 17.2 Å². The molecular formula is C25H33FN2O5S. The average molecular weight is 493 g/mol. The third-order valence-corrected chi connectivity index (χ3v) is 6.53. The highest BCUT2D eigenvalue weighted by Gasteiger charge is 2.30. The number of ether oxygens (including phenoxy) is 4. The molecular weight excluding hydrogens is 459 g/mol. The van der Waals surface area contributed by atoms with Crippen LogP contribution in [0.2, 0.25) is 0 Å². The highest BCUT2D eigenvalue weighted by molar-refractivity contribution is 7.99. The summed E-state index contributed by atoms with van der Waals surface area (Å²) in [4.78, 5) is 17.4. The molecule has 0 saturated carbocycles. The number of nitrogens with zero attached hydrogens (tertiary/aromatic N) is 2. The molecule has 0 spiro atoms. The highest BCUT2D eigenvalue weighted by atomic mass is 32.2. The van der Waals surface area contributed by atoms with Gasteiger partial charge in [-0.2, -0.15) is 11.8 Å². The number of para-hydroxylation sites is 1. The smallest absolute Gasteiger partial charge is 0.265 e. The van der Waals surface area contributed by atoms with Crippen molar-refractivity contribution in [1.29, 1.82) is 0 Å². The van der Waals surface area contributed by atoms with Crippen LogP contribution in [0.15, 0.2) is 42.5 Å². The predicted octanol–water partition coefficient (Wildman–Crippen LogP) is 3.31. The fourth-order valence-electron chi connectivity index (χ4n) is 3.87. The molecule has 186 valence electrons. The van der Waals surface area contributed by atoms with Gasteiger partial charge in [-0.25, -0.2) is 4.39 Å². The first kappa shape index (κ1) is 26.1. The second kappa shape index (κ2) is 13.4. The Morgan fingerprint density at radius 3 is 2.56 bits per heavy atom. The van der Waals surface area contributed by atoms with Gasteiger partial charge in [-0.15, -0.1) is 0 Å². The molecule has 2 aromatic carbocycles. The Labute approximate surface area is 205 Å². The van der Waals surface area contributed by atoms with Gasteiger partial charge >= 0.3 is 0 Å². The van der Waals surface area contributed by atoms with Crippen LogP contribution in [-0.2, 0) is 16.1 Å². The maximum absolute atomic E-state index is 13.8. The zero-order chi connectivity index (χ0) is 24.3. The normalized spacial score (nSPS) is 14.7. The third-order valence-electron chi connectivity index (χ3n) is 5.59. The van der Waals surface area contributed by atoms with Gasteiger partial charge in [-0.05, 0) is 18.2 Å². The van der Waals surface area contributed by atoms with Gasteiger partial charge in [0.05, 0.1) is 20.8 Å². The minimum absolute atomic E-state index is 0.0930. The predicted molar refractivity (Wildman–Crippen MR) is 131 cm³/mol. The van der Waals surface area contributed by atoms with Gasteiger partial charge in [0.2, 0.25) is 0 Å². The molecule has 0 N–H and O–H groups in total. The summed E-state index contributed by atoms with van der Waals surface area (Å²) in [6.45, 7) is 3.21. The lowest BCUT2D eigenvalue weighted by Crippen LogP contribution is -2.50. The number of thioether (sulfide) groups is 1. The molecule has 0 aromatic heterocycles. The van der Waals surface area contributed by atoms with Crippen molar-refractivity contribution in [3.63, 3.8) is 0 Å². The number of halogens is 1. The second-order valence-electron chi connectivity index (χ2n) is 7.88. The molecule has 0 radical (unpaired) electrons. The largest absolute Gasteiger partial charge is 0.493 e. The van der Waals surface area contributed by atoms with E-state index in [1.54, 1.807) is 33.5 Å². The van der Waals surface area contributed by atoms with Crippen LogP contribution < -0.4 is 14.2 Å². The molecule has 0 aliphatic carbocycles. The van der Waals surface area contributed by atoms with Gasteiger partial charge in [-0.3, -0.25) is 9.69 Å². The van der Waals surface area contributed by atoms with Gasteiger partial charge in [-0.1, -0.05) is 18.2 Å². The molecule has 9 heteroatoms. The molecule has 1 amide bonds. The second-order valence-corrected chi connectivity index (χ2v) is 9.11. The van der Waals surface area contributed by atoms with Gasteiger partial charge in [0.1, 0.15) is 11.6 Å². The van der Waals surface area contributed by atoms with Crippen LogP contribution in [0, 0.1) is 5.82 Å². The van der Waals surface area contributed by atoms with E-state index in [0.717, 1.165) is 17.1 Å². The first-order chi connectivity index (χ1) is 16.5. The molecule has 1 saturated heterocycles. The van der Waals surface area contributed by atoms with E-state index in [0.29, 0.717) is 56.6 Å². The Hall–Kier alpha value is -2.49. The van der Waals surface area contributed by atoms with Gasteiger partial charge in [0.25, 0.3) is 5.91 Å². The number of hydrogen-bond donors (Lipinski definition) is 0. The molecule has 1 aliphatic heterocycles. The Morgan fingerprint density at radius 1 is 1.12 bits per heavy atom. The van der Waals surface area contributed by atoms with Crippen LogP contribution >= 0.6 is 11.8 Å². The zero-order valence-corrected chi connectivity index (χ0v) is 20.8. The summed E-state index contributed by atoms with van der Waals surface area (Å²) >= 11 is 1.83. The Morgan fingerprint density at radius 2 is 1.88 bits per heavy atom. The van der Waals surface area contributed by atoms with Crippen molar-refractivity contribution in [3.05, 3.63) is 53.8 Å². The SMILES string of the molecule is COCCN(Cc1cccc(OC)c1OC)CC(Oc1cccc(F)c1)C(=O)N1CCSCC1. The third kappa shape index (κ3) is 7.25. The summed E-state index contributed by atoms with van der Waals surface area (Å²) in [7, 11) is 4.85. The molecule has 1 atom stereocenters. The summed E-state index contributed by atoms with van der Waals surface area (Å²) in [5.74, 6) is 2.91. The highest BCUT2D eigenvalue weighted by Crippen LogP contribution is 2.31. The van der Waals surface area contributed by atoms with E-state index in [1.807, 2.05) is 34.9 Å². The van der Waals surface area contributed by atoms with E-state index in [1.165, 1.54) is 12.1 Å². The van der Waals surface area contributed by atoms with E-state index in [9.17, 15) is 9.18 Å². The maximum Gasteiger partial charge on any atom is 0.265 e. The number of hydrogen-bond acceptors (Lipinski definition) is 7. The molecule has 1 unspecified atom stereocenters. The number of methoxy groups -OCH3 is 3. The standard InChI is InChI=1S/C25H33FN2O5S/c1-30-13-10-27(17-19-6-4-9-22(31-2)24(19)32-3)18-23(25(29)28-11-14-34-15-12-28)33-21-8-5-7-20(26)16-21/h4-9,16,23H,10-15,17-18H2,1-3H3. The van der Waals surface area contributed by atoms with Crippen molar-refractivity contribution in [2.45, 2.75) is 12.6 Å². The summed E-state index contributed by atoms with van der Waals surface area (Å²) < 4.78 is 36.2. The Kier molecular flexibility index (Phi) is 10.3. The van der Waals surface area contributed by atoms with Crippen LogP contribution in [0.25, 0.3) is 0 Å². The molecule has 1 fully saturated rings. The molecule has 1 aliphatic rings. The van der Waals surface area contributed by atoms with Crippen LogP contribution in [0.5, 0.6) is 17.2 Å². The lowest BCUT2D eigenvalue weighted by Gasteiger charge is -2.33. The number of carbonyl (C=O) groups excluding carboxylic acids is 1. The fourth-order valence-corrected chi connectivity index (χ4v) is 4.77. The minimum Gasteiger partial charge on any atom is -0.493 e. The van der Waals surface area contributed by atoms with E-state index in [4.69, 9.17) is 18.9 Å². The van der Waals surface area contributed by atoms with E-state index in [2.05, 4.69) is 4.90 Å². The fraction of sp³-hybridized carbons (Fsp3) is 0.480. The van der Waals surface area contributed by atoms with Crippen LogP contribution in [0.4, 0.5) is 4.39 Å². The Balaban J connectivity index is 1.85. The first-order valence-electron chi connectivity index (χ1n) is 11.3. The maximum atomic E-state index is 13.8. The molecule has 2 aromatic rings. The van der Waals surface area contributed by atoms with Gasteiger partial charge in [0, 0.05) is 63.0 Å². The molecule has 34 heavy (non-hydrogen) atoms. The number of benzene rings is 2. The first-order valence-corrected chi connectivity index (χ1v) is 12.4. The van der Waals surface area contributed by atoms with Crippen molar-refractivity contribution in [2.75, 3.05) is 65.6 Å². The number of carbonyl (C=O) groups is 1. The number of amides is 1. The Bertz CT molecular complexity index is 926. The van der Waals surface area contributed by atoms with Crippen molar-refractivity contribution >= 4 is 17.7 Å². The minimum atomic E-state index is -0.793. The average Bonchev–Trinajstić information content (AvgIpc) is 2.86. The van der Waals surface area contributed by atoms with E-state index in [-0.39, 0.29) is 5.91 Å². The number of rotatable bonds is 12. The van der Waals surface area contributed by atoms with Crippen LogP contribution in [0.1, 0.15) is 5.56 Å². The lowest BCUT2D eigenvalue weighted by molar-refractivity contribution is -0.139. The monoisotopic (exact) mass is 492 g/mol. The summed E-state index contributed by atoms with van der Waals surface area (Å²) in [6.07, 6.45) is -0.793. The molecule has 3 rings (SSSR count).